The molecule has 2 aromatic heterocycles. The Hall–Kier alpha value is -3.67. The minimum atomic E-state index is -0.986. The highest BCUT2D eigenvalue weighted by atomic mass is 16.4. The van der Waals surface area contributed by atoms with Gasteiger partial charge in [-0.05, 0) is 54.8 Å². The fraction of sp³-hybridized carbons (Fsp3) is 0.0952. The van der Waals surface area contributed by atoms with E-state index in [4.69, 9.17) is 0 Å². The van der Waals surface area contributed by atoms with Gasteiger partial charge >= 0.3 is 5.97 Å². The lowest BCUT2D eigenvalue weighted by Gasteiger charge is -2.08. The topological polar surface area (TPSA) is 95.1 Å². The average Bonchev–Trinajstić information content (AvgIpc) is 3.11. The van der Waals surface area contributed by atoms with Crippen LogP contribution in [-0.2, 0) is 4.79 Å². The van der Waals surface area contributed by atoms with Gasteiger partial charge in [-0.25, -0.2) is 4.79 Å². The van der Waals surface area contributed by atoms with Crippen molar-refractivity contribution in [3.8, 4) is 11.1 Å². The Morgan fingerprint density at radius 1 is 1.15 bits per heavy atom. The maximum atomic E-state index is 12.6. The van der Waals surface area contributed by atoms with Crippen LogP contribution in [0.5, 0.6) is 0 Å². The number of carbonyl (C=O) groups excluding carboxylic acids is 1. The van der Waals surface area contributed by atoms with Gasteiger partial charge in [-0.3, -0.25) is 9.78 Å². The first-order valence-corrected chi connectivity index (χ1v) is 8.46. The lowest BCUT2D eigenvalue weighted by Crippen LogP contribution is -2.03. The zero-order chi connectivity index (χ0) is 19.1. The SMILES string of the molecule is Cc1[nH]c(/C=C2\C(=O)Nc3cccc(-c4ccncc4)c32)c(C)c1C(=O)O. The number of nitrogens with one attached hydrogen (secondary N) is 2. The van der Waals surface area contributed by atoms with Crippen molar-refractivity contribution in [2.45, 2.75) is 13.8 Å². The van der Waals surface area contributed by atoms with E-state index < -0.39 is 5.97 Å². The van der Waals surface area contributed by atoms with Crippen LogP contribution in [0.25, 0.3) is 22.8 Å². The summed E-state index contributed by atoms with van der Waals surface area (Å²) in [4.78, 5) is 31.2. The van der Waals surface area contributed by atoms with Gasteiger partial charge < -0.3 is 15.4 Å². The van der Waals surface area contributed by atoms with Crippen LogP contribution in [-0.4, -0.2) is 27.0 Å². The van der Waals surface area contributed by atoms with E-state index in [9.17, 15) is 14.7 Å². The zero-order valence-corrected chi connectivity index (χ0v) is 14.8. The van der Waals surface area contributed by atoms with Crippen molar-refractivity contribution >= 4 is 29.2 Å². The number of carbonyl (C=O) groups is 2. The van der Waals surface area contributed by atoms with Crippen molar-refractivity contribution in [1.82, 2.24) is 9.97 Å². The number of amides is 1. The summed E-state index contributed by atoms with van der Waals surface area (Å²) >= 11 is 0. The normalized spacial score (nSPS) is 14.3. The number of hydrogen-bond donors (Lipinski definition) is 3. The van der Waals surface area contributed by atoms with Gasteiger partial charge in [-0.1, -0.05) is 12.1 Å². The van der Waals surface area contributed by atoms with Crippen molar-refractivity contribution in [3.05, 3.63) is 70.8 Å². The second kappa shape index (κ2) is 6.25. The van der Waals surface area contributed by atoms with Crippen molar-refractivity contribution < 1.29 is 14.7 Å². The van der Waals surface area contributed by atoms with Gasteiger partial charge in [-0.15, -0.1) is 0 Å². The van der Waals surface area contributed by atoms with Gasteiger partial charge in [0.2, 0.25) is 0 Å². The van der Waals surface area contributed by atoms with E-state index in [0.29, 0.717) is 22.5 Å². The molecule has 0 fully saturated rings. The van der Waals surface area contributed by atoms with Gasteiger partial charge in [0.25, 0.3) is 5.91 Å². The van der Waals surface area contributed by atoms with Gasteiger partial charge in [0.1, 0.15) is 0 Å². The number of rotatable bonds is 3. The van der Waals surface area contributed by atoms with Crippen molar-refractivity contribution in [1.29, 1.82) is 0 Å². The molecule has 27 heavy (non-hydrogen) atoms. The molecule has 6 nitrogen and oxygen atoms in total. The predicted octanol–water partition coefficient (Wildman–Crippen LogP) is 3.88. The van der Waals surface area contributed by atoms with Crippen LogP contribution < -0.4 is 5.32 Å². The number of benzene rings is 1. The van der Waals surface area contributed by atoms with Gasteiger partial charge in [0.05, 0.1) is 11.1 Å². The maximum Gasteiger partial charge on any atom is 0.337 e. The van der Waals surface area contributed by atoms with E-state index in [1.54, 1.807) is 32.3 Å². The number of aromatic nitrogens is 2. The summed E-state index contributed by atoms with van der Waals surface area (Å²) in [6.45, 7) is 3.45. The number of anilines is 1. The lowest BCUT2D eigenvalue weighted by atomic mass is 9.94. The maximum absolute atomic E-state index is 12.6. The number of aromatic carboxylic acids is 1. The molecule has 134 valence electrons. The first-order valence-electron chi connectivity index (χ1n) is 8.46. The Morgan fingerprint density at radius 2 is 1.89 bits per heavy atom. The van der Waals surface area contributed by atoms with Gasteiger partial charge in [0, 0.05) is 35.0 Å². The Labute approximate surface area is 155 Å². The van der Waals surface area contributed by atoms with E-state index in [-0.39, 0.29) is 11.5 Å². The van der Waals surface area contributed by atoms with Crippen LogP contribution in [0.3, 0.4) is 0 Å². The Kier molecular flexibility index (Phi) is 3.88. The molecular weight excluding hydrogens is 342 g/mol. The number of pyridine rings is 1. The van der Waals surface area contributed by atoms with Crippen LogP contribution in [0.2, 0.25) is 0 Å². The van der Waals surface area contributed by atoms with Crippen LogP contribution in [0.4, 0.5) is 5.69 Å². The number of fused-ring (bicyclic) bond motifs is 1. The summed E-state index contributed by atoms with van der Waals surface area (Å²) in [5, 5.41) is 12.3. The van der Waals surface area contributed by atoms with Crippen LogP contribution in [0.15, 0.2) is 42.7 Å². The highest BCUT2D eigenvalue weighted by Crippen LogP contribution is 2.40. The van der Waals surface area contributed by atoms with E-state index in [0.717, 1.165) is 22.4 Å². The molecule has 1 amide bonds. The van der Waals surface area contributed by atoms with Crippen molar-refractivity contribution in [3.63, 3.8) is 0 Å². The molecule has 1 aromatic carbocycles. The molecule has 3 heterocycles. The van der Waals surface area contributed by atoms with Gasteiger partial charge in [-0.2, -0.15) is 0 Å². The zero-order valence-electron chi connectivity index (χ0n) is 14.8. The quantitative estimate of drug-likeness (QED) is 0.618. The summed E-state index contributed by atoms with van der Waals surface area (Å²) < 4.78 is 0. The summed E-state index contributed by atoms with van der Waals surface area (Å²) in [5.74, 6) is -1.20. The molecule has 0 radical (unpaired) electrons. The molecule has 3 aromatic rings. The fourth-order valence-corrected chi connectivity index (χ4v) is 3.54. The number of nitrogens with zero attached hydrogens (tertiary/aromatic N) is 1. The minimum absolute atomic E-state index is 0.213. The third kappa shape index (κ3) is 2.71. The number of aryl methyl sites for hydroxylation is 1. The number of aromatic amines is 1. The smallest absolute Gasteiger partial charge is 0.337 e. The molecule has 4 rings (SSSR count). The van der Waals surface area contributed by atoms with E-state index in [1.165, 1.54) is 0 Å². The minimum Gasteiger partial charge on any atom is -0.478 e. The molecule has 1 aliphatic heterocycles. The molecule has 0 aliphatic carbocycles. The second-order valence-electron chi connectivity index (χ2n) is 6.44. The molecule has 0 spiro atoms. The van der Waals surface area contributed by atoms with E-state index in [1.807, 2.05) is 30.3 Å². The first kappa shape index (κ1) is 16.8. The number of carboxylic acid groups (broad SMARTS) is 1. The second-order valence-corrected chi connectivity index (χ2v) is 6.44. The molecule has 0 unspecified atom stereocenters. The van der Waals surface area contributed by atoms with E-state index >= 15 is 0 Å². The van der Waals surface area contributed by atoms with Crippen LogP contribution in [0, 0.1) is 13.8 Å². The van der Waals surface area contributed by atoms with Gasteiger partial charge in [0.15, 0.2) is 0 Å². The standard InChI is InChI=1S/C21H17N3O3/c1-11-17(23-12(2)18(11)21(26)27)10-15-19-14(13-6-8-22-9-7-13)4-3-5-16(19)24-20(15)25/h3-10,23H,1-2H3,(H,24,25)(H,26,27)/b15-10-. The summed E-state index contributed by atoms with van der Waals surface area (Å²) in [6.07, 6.45) is 5.14. The highest BCUT2D eigenvalue weighted by Gasteiger charge is 2.28. The van der Waals surface area contributed by atoms with Crippen molar-refractivity contribution in [2.24, 2.45) is 0 Å². The first-order chi connectivity index (χ1) is 13.0. The third-order valence-corrected chi connectivity index (χ3v) is 4.80. The van der Waals surface area contributed by atoms with Crippen molar-refractivity contribution in [2.75, 3.05) is 5.32 Å². The molecule has 0 saturated carbocycles. The summed E-state index contributed by atoms with van der Waals surface area (Å²) in [5.41, 5.74) is 5.93. The Bertz CT molecular complexity index is 1110. The monoisotopic (exact) mass is 359 g/mol. The Balaban J connectivity index is 1.91. The molecular formula is C21H17N3O3. The molecule has 0 bridgehead atoms. The number of hydrogen-bond acceptors (Lipinski definition) is 3. The predicted molar refractivity (Wildman–Crippen MR) is 103 cm³/mol. The van der Waals surface area contributed by atoms with Crippen LogP contribution in [0.1, 0.15) is 32.9 Å². The van der Waals surface area contributed by atoms with E-state index in [2.05, 4.69) is 15.3 Å². The molecule has 0 atom stereocenters. The molecule has 3 N–H and O–H groups in total. The lowest BCUT2D eigenvalue weighted by molar-refractivity contribution is -0.110. The van der Waals surface area contributed by atoms with Crippen LogP contribution >= 0.6 is 0 Å². The molecule has 1 aliphatic rings. The fourth-order valence-electron chi connectivity index (χ4n) is 3.54. The third-order valence-electron chi connectivity index (χ3n) is 4.80. The highest BCUT2D eigenvalue weighted by molar-refractivity contribution is 6.36. The number of H-pyrrole nitrogens is 1. The molecule has 6 heteroatoms. The average molecular weight is 359 g/mol. The Morgan fingerprint density at radius 3 is 2.56 bits per heavy atom. The largest absolute Gasteiger partial charge is 0.478 e. The summed E-state index contributed by atoms with van der Waals surface area (Å²) in [6, 6.07) is 9.49. The summed E-state index contributed by atoms with van der Waals surface area (Å²) in [7, 11) is 0. The number of carboxylic acids is 1. The molecule has 0 saturated heterocycles.